The van der Waals surface area contributed by atoms with Gasteiger partial charge in [0.15, 0.2) is 11.6 Å². The molecule has 0 radical (unpaired) electrons. The Hall–Kier alpha value is -1.88. The largest absolute Gasteiger partial charge is 0.324 e. The van der Waals surface area contributed by atoms with Crippen molar-refractivity contribution in [3.8, 4) is 0 Å². The van der Waals surface area contributed by atoms with Crippen LogP contribution in [0.2, 0.25) is 0 Å². The van der Waals surface area contributed by atoms with E-state index in [0.29, 0.717) is 11.6 Å². The Morgan fingerprint density at radius 1 is 0.842 bits per heavy atom. The van der Waals surface area contributed by atoms with E-state index in [9.17, 15) is 17.6 Å². The molecule has 2 aromatic carbocycles. The van der Waals surface area contributed by atoms with Crippen LogP contribution in [0.4, 0.5) is 17.6 Å². The van der Waals surface area contributed by atoms with E-state index in [1.807, 2.05) is 0 Å². The molecule has 1 nitrogen and oxygen atoms in total. The molecule has 0 aliphatic carbocycles. The molecule has 0 aromatic heterocycles. The highest BCUT2D eigenvalue weighted by atomic mass is 19.2. The van der Waals surface area contributed by atoms with Crippen LogP contribution < -0.4 is 5.73 Å². The molecule has 1 unspecified atom stereocenters. The molecule has 1 atom stereocenters. The Labute approximate surface area is 107 Å². The minimum atomic E-state index is -1.25. The molecule has 2 aromatic rings. The number of nitrogens with two attached hydrogens (primary N) is 1. The zero-order valence-corrected chi connectivity index (χ0v) is 9.84. The Morgan fingerprint density at radius 2 is 1.42 bits per heavy atom. The molecule has 2 N–H and O–H groups in total. The third-order valence-corrected chi connectivity index (χ3v) is 2.81. The predicted octanol–water partition coefficient (Wildman–Crippen LogP) is 3.49. The second kappa shape index (κ2) is 5.40. The van der Waals surface area contributed by atoms with E-state index >= 15 is 0 Å². The van der Waals surface area contributed by atoms with Crippen LogP contribution >= 0.6 is 0 Å². The zero-order valence-electron chi connectivity index (χ0n) is 9.84. The van der Waals surface area contributed by atoms with Gasteiger partial charge in [-0.1, -0.05) is 12.1 Å². The lowest BCUT2D eigenvalue weighted by atomic mass is 9.99. The molecule has 0 spiro atoms. The first-order valence-corrected chi connectivity index (χ1v) is 5.62. The maximum absolute atomic E-state index is 13.5. The van der Waals surface area contributed by atoms with Gasteiger partial charge < -0.3 is 5.73 Å². The molecular formula is C14H11F4N. The Morgan fingerprint density at radius 3 is 2.05 bits per heavy atom. The van der Waals surface area contributed by atoms with Crippen LogP contribution in [0.5, 0.6) is 0 Å². The molecule has 5 heteroatoms. The lowest BCUT2D eigenvalue weighted by Crippen LogP contribution is -2.15. The van der Waals surface area contributed by atoms with Gasteiger partial charge in [0.1, 0.15) is 11.6 Å². The topological polar surface area (TPSA) is 26.0 Å². The normalized spacial score (nSPS) is 12.5. The molecule has 100 valence electrons. The van der Waals surface area contributed by atoms with Crippen molar-refractivity contribution in [3.63, 3.8) is 0 Å². The monoisotopic (exact) mass is 269 g/mol. The molecule has 0 saturated heterocycles. The maximum Gasteiger partial charge on any atom is 0.161 e. The van der Waals surface area contributed by atoms with E-state index < -0.39 is 29.3 Å². The van der Waals surface area contributed by atoms with E-state index in [1.54, 1.807) is 0 Å². The summed E-state index contributed by atoms with van der Waals surface area (Å²) in [6, 6.07) is 5.90. The van der Waals surface area contributed by atoms with Gasteiger partial charge in [0.2, 0.25) is 0 Å². The average Bonchev–Trinajstić information content (AvgIpc) is 2.36. The van der Waals surface area contributed by atoms with Gasteiger partial charge >= 0.3 is 0 Å². The number of benzene rings is 2. The Kier molecular flexibility index (Phi) is 3.85. The number of hydrogen-bond donors (Lipinski definition) is 1. The molecule has 0 aliphatic heterocycles. The van der Waals surface area contributed by atoms with Crippen molar-refractivity contribution in [2.24, 2.45) is 5.73 Å². The summed E-state index contributed by atoms with van der Waals surface area (Å²) in [5.74, 6) is -3.69. The van der Waals surface area contributed by atoms with E-state index in [4.69, 9.17) is 5.73 Å². The highest BCUT2D eigenvalue weighted by Crippen LogP contribution is 2.22. The standard InChI is InChI=1S/C14H11F4N/c15-9-3-1-8(2-4-9)5-14(19)10-6-12(17)13(18)7-11(10)16/h1-4,6-7,14H,5,19H2. The summed E-state index contributed by atoms with van der Waals surface area (Å²) in [5.41, 5.74) is 6.33. The molecule has 0 heterocycles. The fourth-order valence-electron chi connectivity index (χ4n) is 1.81. The van der Waals surface area contributed by atoms with Gasteiger partial charge in [-0.25, -0.2) is 17.6 Å². The Balaban J connectivity index is 2.22. The summed E-state index contributed by atoms with van der Waals surface area (Å²) < 4.78 is 52.1. The molecule has 19 heavy (non-hydrogen) atoms. The van der Waals surface area contributed by atoms with Gasteiger partial charge in [-0.05, 0) is 30.2 Å². The van der Waals surface area contributed by atoms with Crippen molar-refractivity contribution >= 4 is 0 Å². The molecule has 0 fully saturated rings. The van der Waals surface area contributed by atoms with Gasteiger partial charge in [0.25, 0.3) is 0 Å². The molecule has 2 rings (SSSR count). The fraction of sp³-hybridized carbons (Fsp3) is 0.143. The minimum Gasteiger partial charge on any atom is -0.324 e. The minimum absolute atomic E-state index is 0.108. The first-order chi connectivity index (χ1) is 8.97. The summed E-state index contributed by atoms with van der Waals surface area (Å²) in [4.78, 5) is 0. The third-order valence-electron chi connectivity index (χ3n) is 2.81. The second-order valence-corrected chi connectivity index (χ2v) is 4.22. The van der Waals surface area contributed by atoms with Crippen LogP contribution in [0.1, 0.15) is 17.2 Å². The average molecular weight is 269 g/mol. The highest BCUT2D eigenvalue weighted by molar-refractivity contribution is 5.26. The summed E-state index contributed by atoms with van der Waals surface area (Å²) in [7, 11) is 0. The molecule has 0 bridgehead atoms. The van der Waals surface area contributed by atoms with Crippen LogP contribution in [0.3, 0.4) is 0 Å². The van der Waals surface area contributed by atoms with Crippen molar-refractivity contribution in [1.29, 1.82) is 0 Å². The van der Waals surface area contributed by atoms with E-state index in [-0.39, 0.29) is 12.0 Å². The van der Waals surface area contributed by atoms with Crippen LogP contribution in [0, 0.1) is 23.3 Å². The van der Waals surface area contributed by atoms with Crippen molar-refractivity contribution in [3.05, 3.63) is 70.8 Å². The van der Waals surface area contributed by atoms with Crippen molar-refractivity contribution in [2.45, 2.75) is 12.5 Å². The maximum atomic E-state index is 13.5. The quantitative estimate of drug-likeness (QED) is 0.670. The highest BCUT2D eigenvalue weighted by Gasteiger charge is 2.16. The fourth-order valence-corrected chi connectivity index (χ4v) is 1.81. The molecule has 0 amide bonds. The zero-order chi connectivity index (χ0) is 14.0. The van der Waals surface area contributed by atoms with Crippen molar-refractivity contribution in [1.82, 2.24) is 0 Å². The molecule has 0 aliphatic rings. The van der Waals surface area contributed by atoms with E-state index in [1.165, 1.54) is 24.3 Å². The number of hydrogen-bond acceptors (Lipinski definition) is 1. The number of rotatable bonds is 3. The van der Waals surface area contributed by atoms with Crippen molar-refractivity contribution in [2.75, 3.05) is 0 Å². The smallest absolute Gasteiger partial charge is 0.161 e. The first-order valence-electron chi connectivity index (χ1n) is 5.62. The van der Waals surface area contributed by atoms with E-state index in [0.717, 1.165) is 6.07 Å². The first kappa shape index (κ1) is 13.5. The van der Waals surface area contributed by atoms with Gasteiger partial charge in [-0.3, -0.25) is 0 Å². The van der Waals surface area contributed by atoms with E-state index in [2.05, 4.69) is 0 Å². The lowest BCUT2D eigenvalue weighted by molar-refractivity contribution is 0.484. The summed E-state index contributed by atoms with van der Waals surface area (Å²) in [6.07, 6.45) is 0.197. The van der Waals surface area contributed by atoms with Gasteiger partial charge in [-0.2, -0.15) is 0 Å². The summed E-state index contributed by atoms with van der Waals surface area (Å²) >= 11 is 0. The van der Waals surface area contributed by atoms with Gasteiger partial charge in [0.05, 0.1) is 0 Å². The molecule has 0 saturated carbocycles. The third kappa shape index (κ3) is 3.12. The number of halogens is 4. The Bertz CT molecular complexity index is 581. The predicted molar refractivity (Wildman–Crippen MR) is 63.3 cm³/mol. The van der Waals surface area contributed by atoms with Gasteiger partial charge in [0, 0.05) is 17.7 Å². The van der Waals surface area contributed by atoms with Crippen LogP contribution in [-0.4, -0.2) is 0 Å². The van der Waals surface area contributed by atoms with Crippen LogP contribution in [-0.2, 0) is 6.42 Å². The SMILES string of the molecule is NC(Cc1ccc(F)cc1)c1cc(F)c(F)cc1F. The molecular weight excluding hydrogens is 258 g/mol. The second-order valence-electron chi connectivity index (χ2n) is 4.22. The summed E-state index contributed by atoms with van der Waals surface area (Å²) in [5, 5.41) is 0. The van der Waals surface area contributed by atoms with Gasteiger partial charge in [-0.15, -0.1) is 0 Å². The van der Waals surface area contributed by atoms with Crippen LogP contribution in [0.15, 0.2) is 36.4 Å². The van der Waals surface area contributed by atoms with Crippen LogP contribution in [0.25, 0.3) is 0 Å². The summed E-state index contributed by atoms with van der Waals surface area (Å²) in [6.45, 7) is 0. The van der Waals surface area contributed by atoms with Crippen molar-refractivity contribution < 1.29 is 17.6 Å². The lowest BCUT2D eigenvalue weighted by Gasteiger charge is -2.13.